The van der Waals surface area contributed by atoms with Gasteiger partial charge in [0.15, 0.2) is 6.04 Å². The number of benzene rings is 1. The molecule has 7 nitrogen and oxygen atoms in total. The number of esters is 1. The molecule has 1 atom stereocenters. The van der Waals surface area contributed by atoms with Gasteiger partial charge >= 0.3 is 5.97 Å². The summed E-state index contributed by atoms with van der Waals surface area (Å²) in [4.78, 5) is 39.5. The average molecular weight is 361 g/mol. The molecule has 2 amide bonds. The normalized spacial score (nSPS) is 26.1. The third-order valence-electron chi connectivity index (χ3n) is 5.22. The Hall–Kier alpha value is -2.41. The smallest absolute Gasteiger partial charge is 0.309 e. The lowest BCUT2D eigenvalue weighted by atomic mass is 9.95. The van der Waals surface area contributed by atoms with E-state index in [0.717, 1.165) is 4.90 Å². The van der Waals surface area contributed by atoms with Crippen LogP contribution < -0.4 is 14.5 Å². The summed E-state index contributed by atoms with van der Waals surface area (Å²) in [6, 6.07) is 6.55. The van der Waals surface area contributed by atoms with Crippen molar-refractivity contribution < 1.29 is 28.8 Å². The molecule has 0 unspecified atom stereocenters. The molecule has 2 heterocycles. The zero-order valence-corrected chi connectivity index (χ0v) is 15.2. The van der Waals surface area contributed by atoms with Crippen molar-refractivity contribution in [1.82, 2.24) is 0 Å². The standard InChI is InChI=1S/C19H24N2O5/c1-3-26-19(24)13-8-10-20(11-9-13)16-12-17(22)21(18(16)23)14-4-6-15(25-2)7-5-14/h4-7,13,16H,3,8-12H2,1-2H3/p+1/t16-/m1/s1. The van der Waals surface area contributed by atoms with E-state index in [4.69, 9.17) is 9.47 Å². The predicted octanol–water partition coefficient (Wildman–Crippen LogP) is 0.185. The Morgan fingerprint density at radius 3 is 2.42 bits per heavy atom. The molecule has 0 aliphatic carbocycles. The van der Waals surface area contributed by atoms with Crippen LogP contribution in [0.3, 0.4) is 0 Å². The van der Waals surface area contributed by atoms with Crippen molar-refractivity contribution >= 4 is 23.5 Å². The first-order chi connectivity index (χ1) is 12.5. The largest absolute Gasteiger partial charge is 0.497 e. The molecule has 0 saturated carbocycles. The van der Waals surface area contributed by atoms with Crippen LogP contribution in [0.5, 0.6) is 5.75 Å². The van der Waals surface area contributed by atoms with Crippen LogP contribution in [-0.2, 0) is 19.1 Å². The molecule has 7 heteroatoms. The first kappa shape index (κ1) is 18.4. The summed E-state index contributed by atoms with van der Waals surface area (Å²) < 4.78 is 10.2. The minimum absolute atomic E-state index is 0.0939. The maximum Gasteiger partial charge on any atom is 0.309 e. The number of anilines is 1. The van der Waals surface area contributed by atoms with Crippen LogP contribution in [-0.4, -0.2) is 50.6 Å². The molecular formula is C19H25N2O5+. The molecule has 1 N–H and O–H groups in total. The summed E-state index contributed by atoms with van der Waals surface area (Å²) in [6.07, 6.45) is 1.59. The molecule has 2 fully saturated rings. The molecule has 140 valence electrons. The molecular weight excluding hydrogens is 336 g/mol. The van der Waals surface area contributed by atoms with E-state index in [2.05, 4.69) is 0 Å². The Bertz CT molecular complexity index is 680. The number of hydrogen-bond donors (Lipinski definition) is 1. The van der Waals surface area contributed by atoms with Crippen molar-refractivity contribution in [2.24, 2.45) is 5.92 Å². The number of likely N-dealkylation sites (tertiary alicyclic amines) is 1. The van der Waals surface area contributed by atoms with Gasteiger partial charge in [-0.1, -0.05) is 0 Å². The van der Waals surface area contributed by atoms with Crippen molar-refractivity contribution in [2.45, 2.75) is 32.2 Å². The number of nitrogens with zero attached hydrogens (tertiary/aromatic N) is 1. The van der Waals surface area contributed by atoms with Crippen LogP contribution in [0.25, 0.3) is 0 Å². The fourth-order valence-electron chi connectivity index (χ4n) is 3.79. The van der Waals surface area contributed by atoms with Crippen LogP contribution in [0.2, 0.25) is 0 Å². The summed E-state index contributed by atoms with van der Waals surface area (Å²) >= 11 is 0. The Morgan fingerprint density at radius 1 is 1.19 bits per heavy atom. The molecule has 0 bridgehead atoms. The van der Waals surface area contributed by atoms with Gasteiger partial charge in [-0.25, -0.2) is 4.90 Å². The monoisotopic (exact) mass is 361 g/mol. The van der Waals surface area contributed by atoms with Gasteiger partial charge in [-0.3, -0.25) is 14.4 Å². The van der Waals surface area contributed by atoms with Crippen LogP contribution in [0, 0.1) is 5.92 Å². The van der Waals surface area contributed by atoms with Gasteiger partial charge in [0.25, 0.3) is 5.91 Å². The highest BCUT2D eigenvalue weighted by Gasteiger charge is 2.47. The molecule has 0 aromatic heterocycles. The van der Waals surface area contributed by atoms with E-state index < -0.39 is 0 Å². The number of rotatable bonds is 5. The summed E-state index contributed by atoms with van der Waals surface area (Å²) in [6.45, 7) is 3.58. The van der Waals surface area contributed by atoms with Crippen LogP contribution >= 0.6 is 0 Å². The van der Waals surface area contributed by atoms with Crippen molar-refractivity contribution in [3.8, 4) is 5.75 Å². The Labute approximate surface area is 152 Å². The third kappa shape index (κ3) is 3.58. The highest BCUT2D eigenvalue weighted by molar-refractivity contribution is 6.21. The number of amides is 2. The summed E-state index contributed by atoms with van der Waals surface area (Å²) in [5.41, 5.74) is 0.573. The highest BCUT2D eigenvalue weighted by Crippen LogP contribution is 2.25. The van der Waals surface area contributed by atoms with Gasteiger partial charge in [0.05, 0.1) is 44.8 Å². The molecule has 2 aliphatic rings. The lowest BCUT2D eigenvalue weighted by Crippen LogP contribution is -3.17. The minimum Gasteiger partial charge on any atom is -0.497 e. The van der Waals surface area contributed by atoms with E-state index in [1.807, 2.05) is 0 Å². The fraction of sp³-hybridized carbons (Fsp3) is 0.526. The second-order valence-corrected chi connectivity index (χ2v) is 6.71. The van der Waals surface area contributed by atoms with Gasteiger partial charge < -0.3 is 14.4 Å². The van der Waals surface area contributed by atoms with E-state index >= 15 is 0 Å². The SMILES string of the molecule is CCOC(=O)C1CC[NH+]([C@@H]2CC(=O)N(c3ccc(OC)cc3)C2=O)CC1. The number of quaternary nitrogens is 1. The Kier molecular flexibility index (Phi) is 5.56. The molecule has 2 saturated heterocycles. The van der Waals surface area contributed by atoms with E-state index in [1.165, 1.54) is 4.90 Å². The fourth-order valence-corrected chi connectivity index (χ4v) is 3.79. The number of piperidine rings is 1. The Balaban J connectivity index is 1.65. The first-order valence-corrected chi connectivity index (χ1v) is 9.07. The highest BCUT2D eigenvalue weighted by atomic mass is 16.5. The molecule has 26 heavy (non-hydrogen) atoms. The van der Waals surface area contributed by atoms with Gasteiger partial charge in [0, 0.05) is 12.8 Å². The minimum atomic E-state index is -0.368. The quantitative estimate of drug-likeness (QED) is 0.598. The Morgan fingerprint density at radius 2 is 1.85 bits per heavy atom. The molecule has 0 spiro atoms. The number of nitrogens with one attached hydrogen (secondary N) is 1. The maximum absolute atomic E-state index is 12.8. The number of ether oxygens (including phenoxy) is 2. The topological polar surface area (TPSA) is 77.3 Å². The number of hydrogen-bond acceptors (Lipinski definition) is 5. The number of carbonyl (C=O) groups excluding carboxylic acids is 3. The molecule has 2 aliphatic heterocycles. The second kappa shape index (κ2) is 7.86. The lowest BCUT2D eigenvalue weighted by molar-refractivity contribution is -0.920. The van der Waals surface area contributed by atoms with E-state index in [-0.39, 0.29) is 36.2 Å². The summed E-state index contributed by atoms with van der Waals surface area (Å²) in [5, 5.41) is 0. The summed E-state index contributed by atoms with van der Waals surface area (Å²) in [7, 11) is 1.57. The maximum atomic E-state index is 12.8. The number of imide groups is 1. The first-order valence-electron chi connectivity index (χ1n) is 9.07. The van der Waals surface area contributed by atoms with Gasteiger partial charge in [0.2, 0.25) is 5.91 Å². The van der Waals surface area contributed by atoms with Crippen molar-refractivity contribution in [3.05, 3.63) is 24.3 Å². The second-order valence-electron chi connectivity index (χ2n) is 6.71. The zero-order chi connectivity index (χ0) is 18.7. The van der Waals surface area contributed by atoms with Crippen molar-refractivity contribution in [2.75, 3.05) is 31.7 Å². The van der Waals surface area contributed by atoms with Crippen molar-refractivity contribution in [1.29, 1.82) is 0 Å². The average Bonchev–Trinajstić information content (AvgIpc) is 2.96. The van der Waals surface area contributed by atoms with E-state index in [0.29, 0.717) is 44.0 Å². The van der Waals surface area contributed by atoms with Gasteiger partial charge in [0.1, 0.15) is 5.75 Å². The zero-order valence-electron chi connectivity index (χ0n) is 15.2. The van der Waals surface area contributed by atoms with Crippen LogP contribution in [0.1, 0.15) is 26.2 Å². The number of carbonyl (C=O) groups is 3. The molecule has 1 aromatic rings. The van der Waals surface area contributed by atoms with Gasteiger partial charge in [-0.05, 0) is 31.2 Å². The van der Waals surface area contributed by atoms with E-state index in [1.54, 1.807) is 38.3 Å². The van der Waals surface area contributed by atoms with Crippen LogP contribution in [0.15, 0.2) is 24.3 Å². The van der Waals surface area contributed by atoms with Gasteiger partial charge in [-0.2, -0.15) is 0 Å². The number of methoxy groups -OCH3 is 1. The predicted molar refractivity (Wildman–Crippen MR) is 93.9 cm³/mol. The molecule has 0 radical (unpaired) electrons. The summed E-state index contributed by atoms with van der Waals surface area (Å²) in [5.74, 6) is 0.0924. The van der Waals surface area contributed by atoms with Gasteiger partial charge in [-0.15, -0.1) is 0 Å². The third-order valence-corrected chi connectivity index (χ3v) is 5.22. The van der Waals surface area contributed by atoms with E-state index in [9.17, 15) is 14.4 Å². The lowest BCUT2D eigenvalue weighted by Gasteiger charge is -2.31. The molecule has 1 aromatic carbocycles. The molecule has 3 rings (SSSR count). The van der Waals surface area contributed by atoms with Crippen molar-refractivity contribution in [3.63, 3.8) is 0 Å². The van der Waals surface area contributed by atoms with Crippen LogP contribution in [0.4, 0.5) is 5.69 Å².